The number of thiophene rings is 1. The molecular formula is C16H22N2OS. The van der Waals surface area contributed by atoms with Crippen molar-refractivity contribution in [3.8, 4) is 5.75 Å². The molecule has 0 atom stereocenters. The maximum atomic E-state index is 5.87. The van der Waals surface area contributed by atoms with Gasteiger partial charge in [-0.1, -0.05) is 13.8 Å². The zero-order valence-electron chi connectivity index (χ0n) is 12.6. The number of nitrogens with zero attached hydrogens (tertiary/aromatic N) is 1. The van der Waals surface area contributed by atoms with Gasteiger partial charge in [0.15, 0.2) is 0 Å². The van der Waals surface area contributed by atoms with Crippen molar-refractivity contribution in [2.45, 2.75) is 46.9 Å². The largest absolute Gasteiger partial charge is 0.487 e. The van der Waals surface area contributed by atoms with E-state index in [9.17, 15) is 0 Å². The fourth-order valence-corrected chi connectivity index (χ4v) is 2.90. The molecule has 0 saturated carbocycles. The van der Waals surface area contributed by atoms with Gasteiger partial charge in [-0.05, 0) is 32.0 Å². The zero-order chi connectivity index (χ0) is 14.5. The van der Waals surface area contributed by atoms with Crippen LogP contribution < -0.4 is 10.1 Å². The topological polar surface area (TPSA) is 34.1 Å². The van der Waals surface area contributed by atoms with Gasteiger partial charge in [-0.3, -0.25) is 4.98 Å². The van der Waals surface area contributed by atoms with Crippen molar-refractivity contribution in [2.24, 2.45) is 0 Å². The van der Waals surface area contributed by atoms with E-state index in [1.807, 2.05) is 30.4 Å². The maximum Gasteiger partial charge on any atom is 0.141 e. The molecule has 2 heterocycles. The third-order valence-electron chi connectivity index (χ3n) is 3.10. The molecule has 0 radical (unpaired) electrons. The molecule has 3 nitrogen and oxygen atoms in total. The number of pyridine rings is 1. The molecule has 108 valence electrons. The van der Waals surface area contributed by atoms with E-state index in [1.165, 1.54) is 15.3 Å². The van der Waals surface area contributed by atoms with Crippen LogP contribution in [0.25, 0.3) is 0 Å². The quantitative estimate of drug-likeness (QED) is 0.877. The fraction of sp³-hybridized carbons (Fsp3) is 0.438. The van der Waals surface area contributed by atoms with E-state index in [2.05, 4.69) is 37.1 Å². The van der Waals surface area contributed by atoms with Crippen molar-refractivity contribution in [3.05, 3.63) is 45.4 Å². The number of rotatable bonds is 6. The molecule has 0 spiro atoms. The van der Waals surface area contributed by atoms with Gasteiger partial charge in [-0.25, -0.2) is 0 Å². The van der Waals surface area contributed by atoms with Gasteiger partial charge in [0.25, 0.3) is 0 Å². The Hall–Kier alpha value is -1.39. The minimum atomic E-state index is 0.509. The fourth-order valence-electron chi connectivity index (χ4n) is 1.90. The molecule has 0 bridgehead atoms. The summed E-state index contributed by atoms with van der Waals surface area (Å²) in [6.07, 6.45) is 1.79. The third-order valence-corrected chi connectivity index (χ3v) is 4.19. The molecule has 0 aliphatic heterocycles. The molecule has 0 saturated heterocycles. The summed E-state index contributed by atoms with van der Waals surface area (Å²) in [5, 5.41) is 3.44. The normalized spacial score (nSPS) is 11.1. The van der Waals surface area contributed by atoms with E-state index in [-0.39, 0.29) is 0 Å². The monoisotopic (exact) mass is 290 g/mol. The first kappa shape index (κ1) is 15.0. The second-order valence-electron chi connectivity index (χ2n) is 5.21. The second-order valence-corrected chi connectivity index (χ2v) is 6.55. The van der Waals surface area contributed by atoms with Crippen LogP contribution in [0.5, 0.6) is 5.75 Å². The highest BCUT2D eigenvalue weighted by molar-refractivity contribution is 7.12. The van der Waals surface area contributed by atoms with Crippen molar-refractivity contribution in [3.63, 3.8) is 0 Å². The Labute approximate surface area is 125 Å². The van der Waals surface area contributed by atoms with Crippen LogP contribution in [0.4, 0.5) is 0 Å². The van der Waals surface area contributed by atoms with E-state index < -0.39 is 0 Å². The van der Waals surface area contributed by atoms with Crippen LogP contribution in [0, 0.1) is 13.8 Å². The number of nitrogens with one attached hydrogen (secondary N) is 1. The summed E-state index contributed by atoms with van der Waals surface area (Å²) in [6, 6.07) is 6.61. The van der Waals surface area contributed by atoms with Gasteiger partial charge >= 0.3 is 0 Å². The Morgan fingerprint density at radius 3 is 2.85 bits per heavy atom. The van der Waals surface area contributed by atoms with Crippen molar-refractivity contribution in [2.75, 3.05) is 0 Å². The van der Waals surface area contributed by atoms with E-state index >= 15 is 0 Å². The highest BCUT2D eigenvalue weighted by Crippen LogP contribution is 2.24. The lowest BCUT2D eigenvalue weighted by atomic mass is 10.2. The number of ether oxygens (including phenoxy) is 1. The molecule has 2 aromatic heterocycles. The second kappa shape index (κ2) is 6.86. The number of hydrogen-bond donors (Lipinski definition) is 1. The first-order chi connectivity index (χ1) is 9.56. The van der Waals surface area contributed by atoms with E-state index in [0.717, 1.165) is 18.0 Å². The summed E-state index contributed by atoms with van der Waals surface area (Å²) in [5.74, 6) is 0.861. The SMILES string of the molecule is Cc1ncccc1OCc1cc(CNC(C)C)sc1C. The molecule has 0 unspecified atom stereocenters. The van der Waals surface area contributed by atoms with E-state index in [4.69, 9.17) is 4.74 Å². The van der Waals surface area contributed by atoms with E-state index in [1.54, 1.807) is 6.20 Å². The summed E-state index contributed by atoms with van der Waals surface area (Å²) >= 11 is 1.84. The Bertz CT molecular complexity index is 563. The van der Waals surface area contributed by atoms with Crippen LogP contribution in [-0.2, 0) is 13.2 Å². The van der Waals surface area contributed by atoms with Crippen molar-refractivity contribution >= 4 is 11.3 Å². The Kier molecular flexibility index (Phi) is 5.15. The molecule has 0 aliphatic carbocycles. The van der Waals surface area contributed by atoms with Gasteiger partial charge in [0.2, 0.25) is 0 Å². The van der Waals surface area contributed by atoms with Crippen LogP contribution in [0.3, 0.4) is 0 Å². The molecule has 0 aliphatic rings. The maximum absolute atomic E-state index is 5.87. The van der Waals surface area contributed by atoms with Crippen LogP contribution >= 0.6 is 11.3 Å². The smallest absolute Gasteiger partial charge is 0.141 e. The zero-order valence-corrected chi connectivity index (χ0v) is 13.4. The Morgan fingerprint density at radius 2 is 2.15 bits per heavy atom. The molecule has 0 fully saturated rings. The van der Waals surface area contributed by atoms with Gasteiger partial charge in [0, 0.05) is 34.1 Å². The van der Waals surface area contributed by atoms with Gasteiger partial charge in [0.1, 0.15) is 12.4 Å². The Morgan fingerprint density at radius 1 is 1.35 bits per heavy atom. The van der Waals surface area contributed by atoms with E-state index in [0.29, 0.717) is 12.6 Å². The van der Waals surface area contributed by atoms with Crippen LogP contribution in [-0.4, -0.2) is 11.0 Å². The lowest BCUT2D eigenvalue weighted by Gasteiger charge is -2.07. The van der Waals surface area contributed by atoms with Crippen LogP contribution in [0.1, 0.15) is 34.9 Å². The minimum Gasteiger partial charge on any atom is -0.487 e. The number of hydrogen-bond acceptors (Lipinski definition) is 4. The van der Waals surface area contributed by atoms with Gasteiger partial charge in [0.05, 0.1) is 5.69 Å². The molecule has 20 heavy (non-hydrogen) atoms. The highest BCUT2D eigenvalue weighted by atomic mass is 32.1. The number of aryl methyl sites for hydroxylation is 2. The first-order valence-corrected chi connectivity index (χ1v) is 7.74. The minimum absolute atomic E-state index is 0.509. The molecular weight excluding hydrogens is 268 g/mol. The lowest BCUT2D eigenvalue weighted by Crippen LogP contribution is -2.21. The average molecular weight is 290 g/mol. The lowest BCUT2D eigenvalue weighted by molar-refractivity contribution is 0.302. The first-order valence-electron chi connectivity index (χ1n) is 6.92. The summed E-state index contributed by atoms with van der Waals surface area (Å²) < 4.78 is 5.87. The predicted octanol–water partition coefficient (Wildman–Crippen LogP) is 3.84. The summed E-state index contributed by atoms with van der Waals surface area (Å²) in [4.78, 5) is 6.92. The molecule has 2 aromatic rings. The van der Waals surface area contributed by atoms with Gasteiger partial charge in [-0.2, -0.15) is 0 Å². The van der Waals surface area contributed by atoms with Gasteiger partial charge < -0.3 is 10.1 Å². The van der Waals surface area contributed by atoms with Crippen molar-refractivity contribution < 1.29 is 4.74 Å². The third kappa shape index (κ3) is 4.05. The Balaban J connectivity index is 1.98. The van der Waals surface area contributed by atoms with Crippen molar-refractivity contribution in [1.82, 2.24) is 10.3 Å². The summed E-state index contributed by atoms with van der Waals surface area (Å²) in [7, 11) is 0. The highest BCUT2D eigenvalue weighted by Gasteiger charge is 2.08. The standard InChI is InChI=1S/C16H22N2OS/c1-11(2)18-9-15-8-14(13(4)20-15)10-19-16-6-5-7-17-12(16)3/h5-8,11,18H,9-10H2,1-4H3. The van der Waals surface area contributed by atoms with Crippen LogP contribution in [0.15, 0.2) is 24.4 Å². The summed E-state index contributed by atoms with van der Waals surface area (Å²) in [6.45, 7) is 9.98. The molecule has 0 amide bonds. The number of aromatic nitrogens is 1. The molecule has 4 heteroatoms. The van der Waals surface area contributed by atoms with Gasteiger partial charge in [-0.15, -0.1) is 11.3 Å². The predicted molar refractivity (Wildman–Crippen MR) is 84.3 cm³/mol. The average Bonchev–Trinajstić information content (AvgIpc) is 2.76. The molecule has 2 rings (SSSR count). The molecule has 0 aromatic carbocycles. The van der Waals surface area contributed by atoms with Crippen LogP contribution in [0.2, 0.25) is 0 Å². The van der Waals surface area contributed by atoms with Crippen molar-refractivity contribution in [1.29, 1.82) is 0 Å². The summed E-state index contributed by atoms with van der Waals surface area (Å²) in [5.41, 5.74) is 2.20. The molecule has 1 N–H and O–H groups in total.